The van der Waals surface area contributed by atoms with Crippen LogP contribution in [0.15, 0.2) is 12.7 Å². The summed E-state index contributed by atoms with van der Waals surface area (Å²) in [6.45, 7) is 6.91. The van der Waals surface area contributed by atoms with Gasteiger partial charge in [0, 0.05) is 0 Å². The van der Waals surface area contributed by atoms with E-state index in [1.54, 1.807) is 0 Å². The SMILES string of the molecule is C#CC(CCC)NCCCCCC=C. The summed E-state index contributed by atoms with van der Waals surface area (Å²) >= 11 is 0. The van der Waals surface area contributed by atoms with E-state index in [1.165, 1.54) is 19.3 Å². The van der Waals surface area contributed by atoms with Gasteiger partial charge in [0.2, 0.25) is 0 Å². The molecule has 0 radical (unpaired) electrons. The minimum absolute atomic E-state index is 0.277. The van der Waals surface area contributed by atoms with E-state index in [0.29, 0.717) is 0 Å². The van der Waals surface area contributed by atoms with E-state index >= 15 is 0 Å². The summed E-state index contributed by atoms with van der Waals surface area (Å²) in [5, 5.41) is 3.39. The lowest BCUT2D eigenvalue weighted by molar-refractivity contribution is 0.535. The number of unbranched alkanes of at least 4 members (excludes halogenated alkanes) is 3. The highest BCUT2D eigenvalue weighted by atomic mass is 14.9. The van der Waals surface area contributed by atoms with Gasteiger partial charge in [0.25, 0.3) is 0 Å². The highest BCUT2D eigenvalue weighted by molar-refractivity contribution is 4.98. The van der Waals surface area contributed by atoms with Crippen molar-refractivity contribution in [2.24, 2.45) is 0 Å². The Kier molecular flexibility index (Phi) is 9.79. The zero-order chi connectivity index (χ0) is 10.6. The molecular formula is C13H23N. The summed E-state index contributed by atoms with van der Waals surface area (Å²) in [5.41, 5.74) is 0. The smallest absolute Gasteiger partial charge is 0.0686 e. The van der Waals surface area contributed by atoms with Crippen LogP contribution >= 0.6 is 0 Å². The summed E-state index contributed by atoms with van der Waals surface area (Å²) in [6.07, 6.45) is 14.5. The zero-order valence-electron chi connectivity index (χ0n) is 9.39. The Balaban J connectivity index is 3.25. The quantitative estimate of drug-likeness (QED) is 0.337. The molecule has 0 aliphatic carbocycles. The third-order valence-corrected chi connectivity index (χ3v) is 2.25. The summed E-state index contributed by atoms with van der Waals surface area (Å²) in [7, 11) is 0. The van der Waals surface area contributed by atoms with Crippen molar-refractivity contribution in [2.45, 2.75) is 51.5 Å². The van der Waals surface area contributed by atoms with Crippen LogP contribution in [-0.2, 0) is 0 Å². The highest BCUT2D eigenvalue weighted by Crippen LogP contribution is 2.00. The molecule has 0 aliphatic heterocycles. The summed E-state index contributed by atoms with van der Waals surface area (Å²) in [5.74, 6) is 2.78. The van der Waals surface area contributed by atoms with Gasteiger partial charge in [-0.05, 0) is 32.2 Å². The number of hydrogen-bond acceptors (Lipinski definition) is 1. The van der Waals surface area contributed by atoms with Crippen LogP contribution in [0, 0.1) is 12.3 Å². The average Bonchev–Trinajstić information content (AvgIpc) is 2.21. The second-order valence-electron chi connectivity index (χ2n) is 3.60. The molecule has 1 nitrogen and oxygen atoms in total. The fraction of sp³-hybridized carbons (Fsp3) is 0.692. The normalized spacial score (nSPS) is 12.0. The monoisotopic (exact) mass is 193 g/mol. The first-order valence-corrected chi connectivity index (χ1v) is 5.65. The minimum atomic E-state index is 0.277. The molecule has 0 saturated carbocycles. The van der Waals surface area contributed by atoms with E-state index in [0.717, 1.165) is 25.8 Å². The highest BCUT2D eigenvalue weighted by Gasteiger charge is 2.00. The maximum absolute atomic E-state index is 5.40. The van der Waals surface area contributed by atoms with Gasteiger partial charge in [-0.1, -0.05) is 31.8 Å². The molecule has 1 heteroatoms. The maximum atomic E-state index is 5.40. The Morgan fingerprint density at radius 1 is 1.43 bits per heavy atom. The molecule has 0 amide bonds. The first-order chi connectivity index (χ1) is 6.85. The largest absolute Gasteiger partial charge is 0.304 e. The van der Waals surface area contributed by atoms with Crippen LogP contribution in [-0.4, -0.2) is 12.6 Å². The van der Waals surface area contributed by atoms with Gasteiger partial charge in [0.05, 0.1) is 6.04 Å². The Morgan fingerprint density at radius 2 is 2.21 bits per heavy atom. The molecule has 0 spiro atoms. The first-order valence-electron chi connectivity index (χ1n) is 5.65. The predicted molar refractivity (Wildman–Crippen MR) is 64.2 cm³/mol. The minimum Gasteiger partial charge on any atom is -0.304 e. The van der Waals surface area contributed by atoms with Crippen LogP contribution < -0.4 is 5.32 Å². The van der Waals surface area contributed by atoms with Gasteiger partial charge in [-0.15, -0.1) is 13.0 Å². The van der Waals surface area contributed by atoms with Crippen LogP contribution in [0.3, 0.4) is 0 Å². The molecule has 0 heterocycles. The predicted octanol–water partition coefficient (Wildman–Crippen LogP) is 3.12. The number of terminal acetylenes is 1. The Morgan fingerprint density at radius 3 is 2.79 bits per heavy atom. The molecule has 0 saturated heterocycles. The molecule has 0 aromatic heterocycles. The van der Waals surface area contributed by atoms with Crippen LogP contribution in [0.25, 0.3) is 0 Å². The third-order valence-electron chi connectivity index (χ3n) is 2.25. The van der Waals surface area contributed by atoms with Crippen molar-refractivity contribution >= 4 is 0 Å². The standard InChI is InChI=1S/C13H23N/c1-4-7-8-9-10-12-14-13(6-3)11-5-2/h3-4,13-14H,1,5,7-12H2,2H3. The molecule has 1 N–H and O–H groups in total. The molecule has 0 aromatic rings. The summed E-state index contributed by atoms with van der Waals surface area (Å²) < 4.78 is 0. The molecule has 0 bridgehead atoms. The second-order valence-corrected chi connectivity index (χ2v) is 3.60. The number of rotatable bonds is 9. The zero-order valence-corrected chi connectivity index (χ0v) is 9.39. The van der Waals surface area contributed by atoms with Crippen LogP contribution in [0.2, 0.25) is 0 Å². The Bertz CT molecular complexity index is 167. The molecule has 0 rings (SSSR count). The van der Waals surface area contributed by atoms with E-state index in [1.807, 2.05) is 6.08 Å². The lowest BCUT2D eigenvalue weighted by Gasteiger charge is -2.11. The summed E-state index contributed by atoms with van der Waals surface area (Å²) in [6, 6.07) is 0.277. The third kappa shape index (κ3) is 7.89. The first kappa shape index (κ1) is 13.3. The lowest BCUT2D eigenvalue weighted by Crippen LogP contribution is -2.28. The molecule has 0 aliphatic rings. The molecule has 80 valence electrons. The van der Waals surface area contributed by atoms with Crippen molar-refractivity contribution in [1.82, 2.24) is 5.32 Å². The van der Waals surface area contributed by atoms with Gasteiger partial charge < -0.3 is 5.32 Å². The van der Waals surface area contributed by atoms with Crippen molar-refractivity contribution in [3.05, 3.63) is 12.7 Å². The molecule has 1 atom stereocenters. The van der Waals surface area contributed by atoms with Crippen molar-refractivity contribution in [2.75, 3.05) is 6.54 Å². The molecule has 0 aromatic carbocycles. The van der Waals surface area contributed by atoms with Gasteiger partial charge in [-0.3, -0.25) is 0 Å². The molecule has 0 fully saturated rings. The van der Waals surface area contributed by atoms with Crippen molar-refractivity contribution in [3.8, 4) is 12.3 Å². The number of nitrogens with one attached hydrogen (secondary N) is 1. The van der Waals surface area contributed by atoms with Crippen LogP contribution in [0.5, 0.6) is 0 Å². The van der Waals surface area contributed by atoms with Crippen molar-refractivity contribution in [1.29, 1.82) is 0 Å². The van der Waals surface area contributed by atoms with E-state index in [9.17, 15) is 0 Å². The Labute approximate surface area is 89.0 Å². The van der Waals surface area contributed by atoms with Gasteiger partial charge in [-0.25, -0.2) is 0 Å². The van der Waals surface area contributed by atoms with Gasteiger partial charge >= 0.3 is 0 Å². The van der Waals surface area contributed by atoms with Crippen LogP contribution in [0.1, 0.15) is 45.4 Å². The van der Waals surface area contributed by atoms with E-state index in [-0.39, 0.29) is 6.04 Å². The van der Waals surface area contributed by atoms with E-state index < -0.39 is 0 Å². The van der Waals surface area contributed by atoms with Crippen molar-refractivity contribution < 1.29 is 0 Å². The fourth-order valence-electron chi connectivity index (χ4n) is 1.40. The summed E-state index contributed by atoms with van der Waals surface area (Å²) in [4.78, 5) is 0. The maximum Gasteiger partial charge on any atom is 0.0686 e. The molecule has 1 unspecified atom stereocenters. The van der Waals surface area contributed by atoms with Crippen LogP contribution in [0.4, 0.5) is 0 Å². The fourth-order valence-corrected chi connectivity index (χ4v) is 1.40. The Hall–Kier alpha value is -0.740. The van der Waals surface area contributed by atoms with Gasteiger partial charge in [0.15, 0.2) is 0 Å². The molecule has 14 heavy (non-hydrogen) atoms. The van der Waals surface area contributed by atoms with E-state index in [4.69, 9.17) is 6.42 Å². The number of hydrogen-bond donors (Lipinski definition) is 1. The molecular weight excluding hydrogens is 170 g/mol. The number of allylic oxidation sites excluding steroid dienone is 1. The van der Waals surface area contributed by atoms with E-state index in [2.05, 4.69) is 24.7 Å². The van der Waals surface area contributed by atoms with Crippen molar-refractivity contribution in [3.63, 3.8) is 0 Å². The topological polar surface area (TPSA) is 12.0 Å². The van der Waals surface area contributed by atoms with Gasteiger partial charge in [-0.2, -0.15) is 0 Å². The lowest BCUT2D eigenvalue weighted by atomic mass is 10.1. The average molecular weight is 193 g/mol. The second kappa shape index (κ2) is 10.3. The van der Waals surface area contributed by atoms with Gasteiger partial charge in [0.1, 0.15) is 0 Å².